The Balaban J connectivity index is 2.48. The zero-order valence-electron chi connectivity index (χ0n) is 7.01. The molecule has 0 unspecified atom stereocenters. The highest BCUT2D eigenvalue weighted by molar-refractivity contribution is 4.51. The van der Waals surface area contributed by atoms with Crippen molar-refractivity contribution in [3.8, 4) is 0 Å². The summed E-state index contributed by atoms with van der Waals surface area (Å²) in [4.78, 5) is 0. The van der Waals surface area contributed by atoms with Crippen LogP contribution in [0.3, 0.4) is 0 Å². The van der Waals surface area contributed by atoms with Gasteiger partial charge in [0.15, 0.2) is 0 Å². The van der Waals surface area contributed by atoms with Crippen LogP contribution in [-0.2, 0) is 0 Å². The van der Waals surface area contributed by atoms with Gasteiger partial charge in [0.2, 0.25) is 0 Å². The number of hydroxylamine groups is 3. The lowest BCUT2D eigenvalue weighted by molar-refractivity contribution is -1.12. The summed E-state index contributed by atoms with van der Waals surface area (Å²) < 4.78 is 0.306. The molecule has 60 valence electrons. The van der Waals surface area contributed by atoms with Crippen LogP contribution in [0, 0.1) is 0 Å². The van der Waals surface area contributed by atoms with Gasteiger partial charge >= 0.3 is 0 Å². The molecule has 0 atom stereocenters. The molecule has 0 aliphatic carbocycles. The number of likely N-dealkylation sites (tertiary alicyclic amines) is 1. The van der Waals surface area contributed by atoms with Crippen molar-refractivity contribution in [2.45, 2.75) is 39.2 Å². The molecule has 2 nitrogen and oxygen atoms in total. The van der Waals surface area contributed by atoms with E-state index in [1.165, 1.54) is 19.3 Å². The molecule has 1 heterocycles. The van der Waals surface area contributed by atoms with E-state index in [2.05, 4.69) is 13.8 Å². The van der Waals surface area contributed by atoms with E-state index in [0.717, 1.165) is 13.1 Å². The zero-order valence-corrected chi connectivity index (χ0v) is 7.01. The SMILES string of the molecule is CC(C)[N+]1(O)CCCCC1. The van der Waals surface area contributed by atoms with Gasteiger partial charge in [-0.2, -0.15) is 4.65 Å². The van der Waals surface area contributed by atoms with E-state index in [4.69, 9.17) is 0 Å². The van der Waals surface area contributed by atoms with Crippen LogP contribution in [0.1, 0.15) is 33.1 Å². The third-order valence-corrected chi connectivity index (χ3v) is 2.55. The van der Waals surface area contributed by atoms with E-state index < -0.39 is 0 Å². The summed E-state index contributed by atoms with van der Waals surface area (Å²) in [7, 11) is 0. The predicted molar refractivity (Wildman–Crippen MR) is 40.8 cm³/mol. The number of piperidine rings is 1. The summed E-state index contributed by atoms with van der Waals surface area (Å²) >= 11 is 0. The van der Waals surface area contributed by atoms with Crippen molar-refractivity contribution in [1.82, 2.24) is 0 Å². The molecule has 1 aliphatic heterocycles. The van der Waals surface area contributed by atoms with Crippen LogP contribution in [-0.4, -0.2) is 29.0 Å². The molecule has 0 spiro atoms. The highest BCUT2D eigenvalue weighted by Gasteiger charge is 2.31. The molecular weight excluding hydrogens is 126 g/mol. The number of rotatable bonds is 1. The Hall–Kier alpha value is -0.0800. The van der Waals surface area contributed by atoms with Crippen molar-refractivity contribution in [3.63, 3.8) is 0 Å². The van der Waals surface area contributed by atoms with Gasteiger partial charge < -0.3 is 0 Å². The van der Waals surface area contributed by atoms with Gasteiger partial charge in [0.05, 0.1) is 0 Å². The van der Waals surface area contributed by atoms with Gasteiger partial charge in [0.1, 0.15) is 19.1 Å². The van der Waals surface area contributed by atoms with E-state index in [1.54, 1.807) is 0 Å². The minimum Gasteiger partial charge on any atom is -0.217 e. The molecule has 0 saturated carbocycles. The smallest absolute Gasteiger partial charge is 0.113 e. The standard InChI is InChI=1S/C8H18NO/c1-8(2)9(10)6-4-3-5-7-9/h8,10H,3-7H2,1-2H3/q+1. The molecule has 0 aromatic heterocycles. The van der Waals surface area contributed by atoms with Gasteiger partial charge in [-0.3, -0.25) is 0 Å². The van der Waals surface area contributed by atoms with E-state index in [9.17, 15) is 5.21 Å². The van der Waals surface area contributed by atoms with Gasteiger partial charge in [-0.05, 0) is 33.1 Å². The zero-order chi connectivity index (χ0) is 7.61. The molecule has 0 aromatic rings. The Morgan fingerprint density at radius 2 is 1.60 bits per heavy atom. The van der Waals surface area contributed by atoms with Crippen molar-refractivity contribution in [1.29, 1.82) is 0 Å². The quantitative estimate of drug-likeness (QED) is 0.556. The second-order valence-electron chi connectivity index (χ2n) is 3.59. The van der Waals surface area contributed by atoms with Crippen LogP contribution in [0.15, 0.2) is 0 Å². The van der Waals surface area contributed by atoms with Crippen molar-refractivity contribution in [3.05, 3.63) is 0 Å². The first-order chi connectivity index (χ1) is 4.65. The van der Waals surface area contributed by atoms with Crippen LogP contribution in [0.4, 0.5) is 0 Å². The Bertz CT molecular complexity index is 106. The van der Waals surface area contributed by atoms with Crippen LogP contribution in [0.25, 0.3) is 0 Å². The number of hydrogen-bond acceptors (Lipinski definition) is 1. The molecule has 2 heteroatoms. The van der Waals surface area contributed by atoms with Gasteiger partial charge in [-0.25, -0.2) is 5.21 Å². The minimum absolute atomic E-state index is 0.306. The predicted octanol–water partition coefficient (Wildman–Crippen LogP) is 1.78. The molecule has 1 N–H and O–H groups in total. The maximum absolute atomic E-state index is 9.89. The summed E-state index contributed by atoms with van der Waals surface area (Å²) in [6.07, 6.45) is 3.68. The Morgan fingerprint density at radius 3 is 1.90 bits per heavy atom. The fourth-order valence-corrected chi connectivity index (χ4v) is 1.58. The number of hydrogen-bond donors (Lipinski definition) is 1. The third kappa shape index (κ3) is 1.50. The van der Waals surface area contributed by atoms with E-state index in [0.29, 0.717) is 10.7 Å². The molecule has 1 aliphatic rings. The van der Waals surface area contributed by atoms with Gasteiger partial charge in [0.25, 0.3) is 0 Å². The largest absolute Gasteiger partial charge is 0.217 e. The molecule has 0 radical (unpaired) electrons. The molecule has 10 heavy (non-hydrogen) atoms. The second-order valence-corrected chi connectivity index (χ2v) is 3.59. The van der Waals surface area contributed by atoms with Crippen molar-refractivity contribution >= 4 is 0 Å². The molecule has 0 aromatic carbocycles. The maximum atomic E-state index is 9.89. The van der Waals surface area contributed by atoms with E-state index in [-0.39, 0.29) is 0 Å². The van der Waals surface area contributed by atoms with Gasteiger partial charge in [-0.15, -0.1) is 0 Å². The van der Waals surface area contributed by atoms with Crippen LogP contribution < -0.4 is 0 Å². The monoisotopic (exact) mass is 144 g/mol. The molecule has 0 bridgehead atoms. The fraction of sp³-hybridized carbons (Fsp3) is 1.00. The van der Waals surface area contributed by atoms with E-state index >= 15 is 0 Å². The van der Waals surface area contributed by atoms with Crippen molar-refractivity contribution < 1.29 is 9.85 Å². The first-order valence-corrected chi connectivity index (χ1v) is 4.25. The summed E-state index contributed by atoms with van der Waals surface area (Å²) in [5, 5.41) is 9.89. The Labute approximate surface area is 63.0 Å². The fourth-order valence-electron chi connectivity index (χ4n) is 1.58. The topological polar surface area (TPSA) is 20.2 Å². The lowest BCUT2D eigenvalue weighted by Crippen LogP contribution is -2.53. The first kappa shape index (κ1) is 8.02. The third-order valence-electron chi connectivity index (χ3n) is 2.55. The minimum atomic E-state index is 0.306. The van der Waals surface area contributed by atoms with Crippen molar-refractivity contribution in [2.75, 3.05) is 13.1 Å². The van der Waals surface area contributed by atoms with Gasteiger partial charge in [-0.1, -0.05) is 0 Å². The Morgan fingerprint density at radius 1 is 1.10 bits per heavy atom. The molecule has 0 amide bonds. The lowest BCUT2D eigenvalue weighted by atomic mass is 10.1. The van der Waals surface area contributed by atoms with Crippen LogP contribution in [0.5, 0.6) is 0 Å². The second kappa shape index (κ2) is 2.89. The maximum Gasteiger partial charge on any atom is 0.113 e. The highest BCUT2D eigenvalue weighted by atomic mass is 16.5. The van der Waals surface area contributed by atoms with Gasteiger partial charge in [0, 0.05) is 0 Å². The molecule has 1 rings (SSSR count). The normalized spacial score (nSPS) is 25.2. The number of nitrogens with zero attached hydrogens (tertiary/aromatic N) is 1. The average molecular weight is 144 g/mol. The summed E-state index contributed by atoms with van der Waals surface area (Å²) in [5.41, 5.74) is 0. The van der Waals surface area contributed by atoms with Crippen molar-refractivity contribution in [2.24, 2.45) is 0 Å². The van der Waals surface area contributed by atoms with E-state index in [1.807, 2.05) is 0 Å². The first-order valence-electron chi connectivity index (χ1n) is 4.25. The summed E-state index contributed by atoms with van der Waals surface area (Å²) in [6, 6.07) is 0.375. The lowest BCUT2D eigenvalue weighted by Gasteiger charge is -2.36. The highest BCUT2D eigenvalue weighted by Crippen LogP contribution is 2.18. The average Bonchev–Trinajstić information content (AvgIpc) is 1.89. The molecular formula is C8H18NO+. The van der Waals surface area contributed by atoms with Crippen LogP contribution in [0.2, 0.25) is 0 Å². The molecule has 1 fully saturated rings. The Kier molecular flexibility index (Phi) is 2.32. The molecule has 1 saturated heterocycles. The summed E-state index contributed by atoms with van der Waals surface area (Å²) in [5.74, 6) is 0. The van der Waals surface area contributed by atoms with Crippen LogP contribution >= 0.6 is 0 Å². The number of quaternary nitrogens is 1. The summed E-state index contributed by atoms with van der Waals surface area (Å²) in [6.45, 7) is 6.09.